The molecule has 2 amide bonds. The molecule has 5 nitrogen and oxygen atoms in total. The van der Waals surface area contributed by atoms with Crippen LogP contribution in [0.5, 0.6) is 5.75 Å². The minimum absolute atomic E-state index is 0.0474. The zero-order valence-electron chi connectivity index (χ0n) is 20.5. The molecular formula is C29H33FN2O3. The summed E-state index contributed by atoms with van der Waals surface area (Å²) in [4.78, 5) is 28.3. The molecule has 35 heavy (non-hydrogen) atoms. The molecule has 0 aliphatic rings. The molecule has 0 saturated heterocycles. The van der Waals surface area contributed by atoms with Gasteiger partial charge in [0.2, 0.25) is 5.91 Å². The van der Waals surface area contributed by atoms with Crippen molar-refractivity contribution in [2.45, 2.75) is 52.2 Å². The minimum atomic E-state index is -0.833. The van der Waals surface area contributed by atoms with Crippen molar-refractivity contribution in [2.24, 2.45) is 0 Å². The molecule has 0 fully saturated rings. The second-order valence-corrected chi connectivity index (χ2v) is 8.74. The molecule has 184 valence electrons. The fourth-order valence-corrected chi connectivity index (χ4v) is 3.67. The van der Waals surface area contributed by atoms with Gasteiger partial charge in [0.1, 0.15) is 17.6 Å². The van der Waals surface area contributed by atoms with Gasteiger partial charge in [-0.3, -0.25) is 9.59 Å². The molecule has 0 heterocycles. The monoisotopic (exact) mass is 476 g/mol. The largest absolute Gasteiger partial charge is 0.484 e. The van der Waals surface area contributed by atoms with Crippen molar-refractivity contribution in [3.05, 3.63) is 101 Å². The van der Waals surface area contributed by atoms with Crippen LogP contribution in [0, 0.1) is 12.7 Å². The first-order chi connectivity index (χ1) is 16.9. The Labute approximate surface area is 206 Å². The number of carbonyl (C=O) groups excluding carboxylic acids is 2. The highest BCUT2D eigenvalue weighted by Crippen LogP contribution is 2.18. The minimum Gasteiger partial charge on any atom is -0.484 e. The Morgan fingerprint density at radius 1 is 0.971 bits per heavy atom. The highest BCUT2D eigenvalue weighted by atomic mass is 19.1. The van der Waals surface area contributed by atoms with Crippen LogP contribution in [0.3, 0.4) is 0 Å². The summed E-state index contributed by atoms with van der Waals surface area (Å²) in [6, 6.07) is 22.3. The fourth-order valence-electron chi connectivity index (χ4n) is 3.67. The number of hydrogen-bond donors (Lipinski definition) is 1. The van der Waals surface area contributed by atoms with Crippen LogP contribution in [0.25, 0.3) is 0 Å². The van der Waals surface area contributed by atoms with E-state index in [1.165, 1.54) is 11.0 Å². The van der Waals surface area contributed by atoms with E-state index < -0.39 is 17.8 Å². The lowest BCUT2D eigenvalue weighted by atomic mass is 10.0. The maximum atomic E-state index is 14.6. The quantitative estimate of drug-likeness (QED) is 0.421. The molecule has 0 aliphatic heterocycles. The van der Waals surface area contributed by atoms with Crippen molar-refractivity contribution in [3.63, 3.8) is 0 Å². The predicted molar refractivity (Wildman–Crippen MR) is 135 cm³/mol. The molecule has 0 bridgehead atoms. The fraction of sp³-hybridized carbons (Fsp3) is 0.310. The third-order valence-electron chi connectivity index (χ3n) is 5.95. The van der Waals surface area contributed by atoms with Crippen molar-refractivity contribution < 1.29 is 18.7 Å². The average Bonchev–Trinajstić information content (AvgIpc) is 2.87. The molecule has 2 atom stereocenters. The highest BCUT2D eigenvalue weighted by Gasteiger charge is 2.31. The summed E-state index contributed by atoms with van der Waals surface area (Å²) < 4.78 is 20.3. The number of aryl methyl sites for hydroxylation is 1. The lowest BCUT2D eigenvalue weighted by Crippen LogP contribution is -2.53. The smallest absolute Gasteiger partial charge is 0.261 e. The van der Waals surface area contributed by atoms with Crippen molar-refractivity contribution >= 4 is 11.8 Å². The molecule has 0 spiro atoms. The number of hydrogen-bond acceptors (Lipinski definition) is 3. The first kappa shape index (κ1) is 25.9. The molecule has 0 aliphatic carbocycles. The standard InChI is InChI=1S/C29H33FN2O3/c1-4-22(3)31-29(34)27(18-23-10-6-5-7-11-23)32(19-24-12-8-9-13-26(24)30)28(33)20-35-25-16-14-21(2)15-17-25/h5-17,22,27H,4,18-20H2,1-3H3,(H,31,34)/t22-,27+/m0/s1. The van der Waals surface area contributed by atoms with Crippen LogP contribution in [0.4, 0.5) is 4.39 Å². The lowest BCUT2D eigenvalue weighted by molar-refractivity contribution is -0.143. The molecule has 0 radical (unpaired) electrons. The van der Waals surface area contributed by atoms with Gasteiger partial charge in [-0.1, -0.05) is 73.2 Å². The van der Waals surface area contributed by atoms with Gasteiger partial charge in [0, 0.05) is 24.6 Å². The van der Waals surface area contributed by atoms with Crippen LogP contribution >= 0.6 is 0 Å². The second kappa shape index (κ2) is 12.7. The first-order valence-corrected chi connectivity index (χ1v) is 11.9. The lowest BCUT2D eigenvalue weighted by Gasteiger charge is -2.32. The summed E-state index contributed by atoms with van der Waals surface area (Å²) in [5, 5.41) is 3.00. The van der Waals surface area contributed by atoms with E-state index in [4.69, 9.17) is 4.74 Å². The summed E-state index contributed by atoms with van der Waals surface area (Å²) >= 11 is 0. The van der Waals surface area contributed by atoms with Gasteiger partial charge in [-0.05, 0) is 44.0 Å². The van der Waals surface area contributed by atoms with Gasteiger partial charge in [0.25, 0.3) is 5.91 Å². The summed E-state index contributed by atoms with van der Waals surface area (Å²) in [7, 11) is 0. The summed E-state index contributed by atoms with van der Waals surface area (Å²) in [6.07, 6.45) is 1.05. The molecule has 6 heteroatoms. The van der Waals surface area contributed by atoms with Crippen molar-refractivity contribution in [1.82, 2.24) is 10.2 Å². The van der Waals surface area contributed by atoms with Gasteiger partial charge in [-0.15, -0.1) is 0 Å². The molecule has 0 aromatic heterocycles. The number of ether oxygens (including phenoxy) is 1. The summed E-state index contributed by atoms with van der Waals surface area (Å²) in [6.45, 7) is 5.55. The zero-order valence-corrected chi connectivity index (χ0v) is 20.5. The van der Waals surface area contributed by atoms with E-state index in [0.717, 1.165) is 17.5 Å². The van der Waals surface area contributed by atoms with Crippen molar-refractivity contribution in [3.8, 4) is 5.75 Å². The van der Waals surface area contributed by atoms with Crippen LogP contribution in [-0.2, 0) is 22.6 Å². The number of benzene rings is 3. The number of nitrogens with zero attached hydrogens (tertiary/aromatic N) is 1. The van der Waals surface area contributed by atoms with E-state index in [-0.39, 0.29) is 25.1 Å². The van der Waals surface area contributed by atoms with Gasteiger partial charge < -0.3 is 15.0 Å². The van der Waals surface area contributed by atoms with E-state index in [1.807, 2.05) is 63.2 Å². The van der Waals surface area contributed by atoms with Crippen LogP contribution in [-0.4, -0.2) is 35.4 Å². The maximum Gasteiger partial charge on any atom is 0.261 e. The molecule has 0 saturated carbocycles. The zero-order chi connectivity index (χ0) is 25.2. The van der Waals surface area contributed by atoms with Crippen LogP contribution < -0.4 is 10.1 Å². The van der Waals surface area contributed by atoms with Crippen LogP contribution in [0.2, 0.25) is 0 Å². The Kier molecular flexibility index (Phi) is 9.41. The van der Waals surface area contributed by atoms with Crippen molar-refractivity contribution in [2.75, 3.05) is 6.61 Å². The highest BCUT2D eigenvalue weighted by molar-refractivity contribution is 5.88. The van der Waals surface area contributed by atoms with Gasteiger partial charge in [0.15, 0.2) is 6.61 Å². The Morgan fingerprint density at radius 2 is 1.63 bits per heavy atom. The molecule has 3 rings (SSSR count). The molecule has 3 aromatic carbocycles. The number of amides is 2. The Balaban J connectivity index is 1.91. The number of nitrogens with one attached hydrogen (secondary N) is 1. The number of carbonyl (C=O) groups is 2. The Hall–Kier alpha value is -3.67. The van der Waals surface area contributed by atoms with Crippen molar-refractivity contribution in [1.29, 1.82) is 0 Å². The topological polar surface area (TPSA) is 58.6 Å². The second-order valence-electron chi connectivity index (χ2n) is 8.74. The van der Waals surface area contributed by atoms with Gasteiger partial charge in [0.05, 0.1) is 0 Å². The van der Waals surface area contributed by atoms with Crippen LogP contribution in [0.1, 0.15) is 37.0 Å². The van der Waals surface area contributed by atoms with E-state index in [1.54, 1.807) is 30.3 Å². The van der Waals surface area contributed by atoms with E-state index in [0.29, 0.717) is 17.7 Å². The SMILES string of the molecule is CC[C@H](C)NC(=O)[C@@H](Cc1ccccc1)N(Cc1ccccc1F)C(=O)COc1ccc(C)cc1. The van der Waals surface area contributed by atoms with E-state index in [9.17, 15) is 14.0 Å². The van der Waals surface area contributed by atoms with Gasteiger partial charge in [-0.25, -0.2) is 4.39 Å². The Bertz CT molecular complexity index is 1100. The predicted octanol–water partition coefficient (Wildman–Crippen LogP) is 5.07. The van der Waals surface area contributed by atoms with E-state index in [2.05, 4.69) is 5.32 Å². The van der Waals surface area contributed by atoms with Crippen LogP contribution in [0.15, 0.2) is 78.9 Å². The number of rotatable bonds is 11. The molecule has 1 N–H and O–H groups in total. The molecule has 0 unspecified atom stereocenters. The van der Waals surface area contributed by atoms with Gasteiger partial charge in [-0.2, -0.15) is 0 Å². The average molecular weight is 477 g/mol. The van der Waals surface area contributed by atoms with E-state index >= 15 is 0 Å². The van der Waals surface area contributed by atoms with Gasteiger partial charge >= 0.3 is 0 Å². The summed E-state index contributed by atoms with van der Waals surface area (Å²) in [5.74, 6) is -0.540. The number of halogens is 1. The Morgan fingerprint density at radius 3 is 2.29 bits per heavy atom. The third kappa shape index (κ3) is 7.67. The summed E-state index contributed by atoms with van der Waals surface area (Å²) in [5.41, 5.74) is 2.32. The third-order valence-corrected chi connectivity index (χ3v) is 5.95. The maximum absolute atomic E-state index is 14.6. The first-order valence-electron chi connectivity index (χ1n) is 11.9. The molecule has 3 aromatic rings. The normalized spacial score (nSPS) is 12.5. The molecular weight excluding hydrogens is 443 g/mol.